The second kappa shape index (κ2) is 5.21. The molecule has 76 valence electrons. The fraction of sp³-hybridized carbons (Fsp3) is 0.750. The van der Waals surface area contributed by atoms with Crippen LogP contribution in [-0.4, -0.2) is 12.3 Å². The van der Waals surface area contributed by atoms with E-state index in [-0.39, 0.29) is 5.41 Å². The minimum atomic E-state index is 0.257. The zero-order valence-electron chi connectivity index (χ0n) is 9.83. The molecule has 1 atom stereocenters. The van der Waals surface area contributed by atoms with E-state index in [4.69, 9.17) is 0 Å². The molecule has 0 saturated carbocycles. The highest BCUT2D eigenvalue weighted by atomic mass is 14.8. The maximum Gasteiger partial charge on any atom is 0.0494 e. The van der Waals surface area contributed by atoms with Gasteiger partial charge in [0.1, 0.15) is 0 Å². The maximum absolute atomic E-state index is 4.41. The molecule has 0 aromatic rings. The SMILES string of the molecule is CC(C)C(C)N=C/C=C\C(C)(C)C. The lowest BCUT2D eigenvalue weighted by Gasteiger charge is -2.10. The first kappa shape index (κ1) is 12.4. The standard InChI is InChI=1S/C12H23N/c1-10(2)11(3)13-9-7-8-12(4,5)6/h7-11H,1-6H3/b8-7-,13-9?. The Kier molecular flexibility index (Phi) is 4.97. The van der Waals surface area contributed by atoms with E-state index in [2.05, 4.69) is 52.6 Å². The number of aliphatic imine (C=N–C) groups is 1. The molecule has 1 unspecified atom stereocenters. The van der Waals surface area contributed by atoms with Gasteiger partial charge < -0.3 is 0 Å². The Balaban J connectivity index is 3.95. The first-order chi connectivity index (χ1) is 5.83. The van der Waals surface area contributed by atoms with Gasteiger partial charge in [0.25, 0.3) is 0 Å². The smallest absolute Gasteiger partial charge is 0.0494 e. The molecule has 1 heteroatoms. The highest BCUT2D eigenvalue weighted by molar-refractivity contribution is 5.71. The van der Waals surface area contributed by atoms with Crippen LogP contribution in [0.2, 0.25) is 0 Å². The van der Waals surface area contributed by atoms with Crippen LogP contribution in [0.25, 0.3) is 0 Å². The quantitative estimate of drug-likeness (QED) is 0.589. The zero-order valence-corrected chi connectivity index (χ0v) is 9.83. The van der Waals surface area contributed by atoms with E-state index < -0.39 is 0 Å². The molecule has 0 saturated heterocycles. The predicted octanol–water partition coefficient (Wildman–Crippen LogP) is 3.70. The Labute approximate surface area is 83.0 Å². The fourth-order valence-corrected chi connectivity index (χ4v) is 0.689. The summed E-state index contributed by atoms with van der Waals surface area (Å²) >= 11 is 0. The molecular weight excluding hydrogens is 158 g/mol. The third kappa shape index (κ3) is 7.76. The van der Waals surface area contributed by atoms with Crippen LogP contribution in [0.3, 0.4) is 0 Å². The van der Waals surface area contributed by atoms with Gasteiger partial charge in [0.2, 0.25) is 0 Å². The summed E-state index contributed by atoms with van der Waals surface area (Å²) in [5.74, 6) is 0.624. The van der Waals surface area contributed by atoms with Gasteiger partial charge in [-0.3, -0.25) is 4.99 Å². The van der Waals surface area contributed by atoms with Gasteiger partial charge in [-0.15, -0.1) is 0 Å². The van der Waals surface area contributed by atoms with Crippen molar-refractivity contribution in [3.63, 3.8) is 0 Å². The summed E-state index contributed by atoms with van der Waals surface area (Å²) < 4.78 is 0. The molecule has 0 aliphatic rings. The van der Waals surface area contributed by atoms with Gasteiger partial charge in [0.15, 0.2) is 0 Å². The van der Waals surface area contributed by atoms with Crippen LogP contribution >= 0.6 is 0 Å². The Morgan fingerprint density at radius 2 is 1.62 bits per heavy atom. The molecule has 0 aromatic heterocycles. The van der Waals surface area contributed by atoms with Crippen molar-refractivity contribution < 1.29 is 0 Å². The molecule has 0 heterocycles. The van der Waals surface area contributed by atoms with E-state index in [0.717, 1.165) is 0 Å². The monoisotopic (exact) mass is 181 g/mol. The van der Waals surface area contributed by atoms with Crippen molar-refractivity contribution in [2.45, 2.75) is 47.6 Å². The Hall–Kier alpha value is -0.590. The molecule has 0 aliphatic carbocycles. The lowest BCUT2D eigenvalue weighted by molar-refractivity contribution is 0.532. The summed E-state index contributed by atoms with van der Waals surface area (Å²) in [5.41, 5.74) is 0.257. The summed E-state index contributed by atoms with van der Waals surface area (Å²) in [7, 11) is 0. The molecule has 0 N–H and O–H groups in total. The van der Waals surface area contributed by atoms with Crippen LogP contribution in [0.5, 0.6) is 0 Å². The topological polar surface area (TPSA) is 12.4 Å². The van der Waals surface area contributed by atoms with Crippen molar-refractivity contribution in [2.75, 3.05) is 0 Å². The molecule has 0 radical (unpaired) electrons. The zero-order chi connectivity index (χ0) is 10.5. The summed E-state index contributed by atoms with van der Waals surface area (Å²) in [6, 6.07) is 0.421. The predicted molar refractivity (Wildman–Crippen MR) is 61.4 cm³/mol. The fourth-order valence-electron chi connectivity index (χ4n) is 0.689. The first-order valence-corrected chi connectivity index (χ1v) is 5.04. The molecule has 0 aromatic carbocycles. The molecule has 0 spiro atoms. The first-order valence-electron chi connectivity index (χ1n) is 5.04. The maximum atomic E-state index is 4.41. The highest BCUT2D eigenvalue weighted by Crippen LogP contribution is 2.13. The van der Waals surface area contributed by atoms with E-state index in [1.54, 1.807) is 0 Å². The number of rotatable bonds is 3. The van der Waals surface area contributed by atoms with Gasteiger partial charge in [-0.2, -0.15) is 0 Å². The number of allylic oxidation sites excluding steroid dienone is 2. The number of hydrogen-bond acceptors (Lipinski definition) is 1. The molecule has 1 nitrogen and oxygen atoms in total. The Morgan fingerprint density at radius 3 is 2.00 bits per heavy atom. The van der Waals surface area contributed by atoms with E-state index >= 15 is 0 Å². The minimum Gasteiger partial charge on any atom is -0.290 e. The molecule has 0 fully saturated rings. The number of hydrogen-bond donors (Lipinski definition) is 0. The lowest BCUT2D eigenvalue weighted by Crippen LogP contribution is -2.07. The van der Waals surface area contributed by atoms with Gasteiger partial charge >= 0.3 is 0 Å². The lowest BCUT2D eigenvalue weighted by atomic mass is 9.96. The van der Waals surface area contributed by atoms with Crippen molar-refractivity contribution in [3.05, 3.63) is 12.2 Å². The number of nitrogens with zero attached hydrogens (tertiary/aromatic N) is 1. The van der Waals surface area contributed by atoms with Crippen LogP contribution in [0, 0.1) is 11.3 Å². The van der Waals surface area contributed by atoms with Crippen LogP contribution < -0.4 is 0 Å². The molecule has 0 rings (SSSR count). The van der Waals surface area contributed by atoms with Crippen molar-refractivity contribution in [1.29, 1.82) is 0 Å². The third-order valence-electron chi connectivity index (χ3n) is 1.97. The van der Waals surface area contributed by atoms with E-state index in [1.807, 2.05) is 12.3 Å². The summed E-state index contributed by atoms with van der Waals surface area (Å²) in [4.78, 5) is 4.41. The van der Waals surface area contributed by atoms with E-state index in [9.17, 15) is 0 Å². The van der Waals surface area contributed by atoms with Gasteiger partial charge in [-0.1, -0.05) is 40.7 Å². The van der Waals surface area contributed by atoms with Crippen molar-refractivity contribution in [3.8, 4) is 0 Å². The minimum absolute atomic E-state index is 0.257. The van der Waals surface area contributed by atoms with Gasteiger partial charge in [0, 0.05) is 12.3 Å². The molecule has 13 heavy (non-hydrogen) atoms. The summed E-state index contributed by atoms with van der Waals surface area (Å²) in [6.07, 6.45) is 6.12. The van der Waals surface area contributed by atoms with Gasteiger partial charge in [0.05, 0.1) is 0 Å². The van der Waals surface area contributed by atoms with Crippen molar-refractivity contribution >= 4 is 6.21 Å². The second-order valence-corrected chi connectivity index (χ2v) is 5.01. The van der Waals surface area contributed by atoms with Crippen LogP contribution in [0.15, 0.2) is 17.1 Å². The normalized spacial score (nSPS) is 16.2. The summed E-state index contributed by atoms with van der Waals surface area (Å²) in [5, 5.41) is 0. The van der Waals surface area contributed by atoms with Gasteiger partial charge in [-0.25, -0.2) is 0 Å². The molecule has 0 bridgehead atoms. The van der Waals surface area contributed by atoms with Crippen LogP contribution in [-0.2, 0) is 0 Å². The average molecular weight is 181 g/mol. The van der Waals surface area contributed by atoms with E-state index in [1.165, 1.54) is 0 Å². The van der Waals surface area contributed by atoms with E-state index in [0.29, 0.717) is 12.0 Å². The van der Waals surface area contributed by atoms with Crippen molar-refractivity contribution in [2.24, 2.45) is 16.3 Å². The van der Waals surface area contributed by atoms with Crippen molar-refractivity contribution in [1.82, 2.24) is 0 Å². The molecule has 0 aliphatic heterocycles. The van der Waals surface area contributed by atoms with Crippen LogP contribution in [0.4, 0.5) is 0 Å². The summed E-state index contributed by atoms with van der Waals surface area (Å²) in [6.45, 7) is 13.1. The van der Waals surface area contributed by atoms with Crippen LogP contribution in [0.1, 0.15) is 41.5 Å². The molecule has 0 amide bonds. The Bertz CT molecular complexity index is 182. The Morgan fingerprint density at radius 1 is 1.08 bits per heavy atom. The largest absolute Gasteiger partial charge is 0.290 e. The average Bonchev–Trinajstić information content (AvgIpc) is 1.95. The van der Waals surface area contributed by atoms with Gasteiger partial charge in [-0.05, 0) is 24.3 Å². The molecular formula is C12H23N. The highest BCUT2D eigenvalue weighted by Gasteiger charge is 2.03. The third-order valence-corrected chi connectivity index (χ3v) is 1.97. The second-order valence-electron chi connectivity index (χ2n) is 5.01.